The highest BCUT2D eigenvalue weighted by atomic mass is 35.5. The van der Waals surface area contributed by atoms with Crippen molar-refractivity contribution in [3.8, 4) is 0 Å². The first kappa shape index (κ1) is 38.9. The van der Waals surface area contributed by atoms with Crippen molar-refractivity contribution in [2.45, 2.75) is 110 Å². The summed E-state index contributed by atoms with van der Waals surface area (Å²) < 4.78 is 22.2. The van der Waals surface area contributed by atoms with E-state index in [2.05, 4.69) is 131 Å². The molecule has 2 aromatic heterocycles. The molecule has 1 N–H and O–H groups in total. The lowest BCUT2D eigenvalue weighted by atomic mass is 10.0. The molecule has 4 aromatic rings. The van der Waals surface area contributed by atoms with Crippen molar-refractivity contribution >= 4 is 61.8 Å². The molecule has 5 rings (SSSR count). The van der Waals surface area contributed by atoms with E-state index in [1.165, 1.54) is 10.4 Å². The summed E-state index contributed by atoms with van der Waals surface area (Å²) in [4.78, 5) is 26.3. The predicted molar refractivity (Wildman–Crippen MR) is 212 cm³/mol. The van der Waals surface area contributed by atoms with E-state index >= 15 is 0 Å². The van der Waals surface area contributed by atoms with Gasteiger partial charge in [0.25, 0.3) is 8.32 Å². The van der Waals surface area contributed by atoms with Crippen molar-refractivity contribution in [1.29, 1.82) is 0 Å². The van der Waals surface area contributed by atoms with Gasteiger partial charge < -0.3 is 18.2 Å². The number of aromatic nitrogens is 4. The molecule has 2 aromatic carbocycles. The lowest BCUT2D eigenvalue weighted by Gasteiger charge is -2.46. The Hall–Kier alpha value is -3.36. The fourth-order valence-electron chi connectivity index (χ4n) is 6.65. The molecule has 3 atom stereocenters. The van der Waals surface area contributed by atoms with Crippen LogP contribution in [0.15, 0.2) is 79.1 Å². The second kappa shape index (κ2) is 14.2. The van der Waals surface area contributed by atoms with Gasteiger partial charge in [0.2, 0.25) is 5.95 Å². The number of hydrogen-bond acceptors (Lipinski definition) is 7. The Balaban J connectivity index is 1.61. The molecule has 12 heteroatoms. The van der Waals surface area contributed by atoms with Gasteiger partial charge in [-0.25, -0.2) is 9.78 Å². The first-order valence-electron chi connectivity index (χ1n) is 17.7. The third kappa shape index (κ3) is 8.02. The van der Waals surface area contributed by atoms with Gasteiger partial charge in [0.05, 0.1) is 18.5 Å². The van der Waals surface area contributed by atoms with E-state index in [0.29, 0.717) is 24.2 Å². The van der Waals surface area contributed by atoms with E-state index in [0.717, 1.165) is 5.57 Å². The number of hydrogen-bond donors (Lipinski definition) is 1. The number of fused-ring (bicyclic) bond motifs is 1. The summed E-state index contributed by atoms with van der Waals surface area (Å²) in [5.74, 6) is -0.0788. The van der Waals surface area contributed by atoms with E-state index in [4.69, 9.17) is 36.8 Å². The average Bonchev–Trinajstić information content (AvgIpc) is 3.57. The van der Waals surface area contributed by atoms with Gasteiger partial charge in [0.1, 0.15) is 11.1 Å². The third-order valence-corrected chi connectivity index (χ3v) is 20.1. The molecule has 1 fully saturated rings. The molecule has 51 heavy (non-hydrogen) atoms. The van der Waals surface area contributed by atoms with Crippen LogP contribution in [0.25, 0.3) is 11.2 Å². The van der Waals surface area contributed by atoms with Gasteiger partial charge in [0.15, 0.2) is 19.1 Å². The fourth-order valence-corrected chi connectivity index (χ4v) is 12.6. The summed E-state index contributed by atoms with van der Waals surface area (Å²) in [6.07, 6.45) is 1.45. The third-order valence-electron chi connectivity index (χ3n) is 10.3. The number of imidazole rings is 1. The van der Waals surface area contributed by atoms with Gasteiger partial charge >= 0.3 is 6.09 Å². The summed E-state index contributed by atoms with van der Waals surface area (Å²) in [6, 6.07) is 21.2. The summed E-state index contributed by atoms with van der Waals surface area (Å²) in [5.41, 5.74) is 1.21. The molecule has 9 nitrogen and oxygen atoms in total. The molecule has 1 aliphatic rings. The van der Waals surface area contributed by atoms with Crippen LogP contribution >= 0.6 is 11.6 Å². The molecule has 0 spiro atoms. The number of rotatable bonds is 9. The number of amides is 1. The van der Waals surface area contributed by atoms with Crippen LogP contribution in [-0.4, -0.2) is 60.6 Å². The lowest BCUT2D eigenvalue weighted by Crippen LogP contribution is -2.68. The molecule has 0 unspecified atom stereocenters. The number of benzene rings is 2. The minimum atomic E-state index is -2.94. The molecule has 2 heterocycles. The van der Waals surface area contributed by atoms with E-state index in [1.807, 2.05) is 4.57 Å². The highest BCUT2D eigenvalue weighted by Gasteiger charge is 2.54. The Morgan fingerprint density at radius 1 is 0.922 bits per heavy atom. The Bertz CT molecular complexity index is 1820. The van der Waals surface area contributed by atoms with Crippen LogP contribution < -0.4 is 15.7 Å². The minimum absolute atomic E-state index is 0.0324. The Labute approximate surface area is 310 Å². The number of nitrogens with one attached hydrogen (secondary N) is 1. The quantitative estimate of drug-likeness (QED) is 0.104. The average molecular weight is 749 g/mol. The van der Waals surface area contributed by atoms with Crippen LogP contribution in [-0.2, 0) is 13.6 Å². The van der Waals surface area contributed by atoms with Crippen LogP contribution in [0.3, 0.4) is 0 Å². The van der Waals surface area contributed by atoms with E-state index < -0.39 is 28.3 Å². The summed E-state index contributed by atoms with van der Waals surface area (Å²) >= 11 is 6.63. The molecular weight excluding hydrogens is 694 g/mol. The SMILES string of the molecule is C=C1[C@H](CO[Si](C)(C)C(C)(C)C)[C@@H](O[Si](c2ccccc2)(c2ccccc2)C(C)(C)C)C[C@@H]1n1cnc2c(Cl)nc(NC(=O)OC(C)(C)C)nc21. The van der Waals surface area contributed by atoms with E-state index in [-0.39, 0.29) is 39.2 Å². The van der Waals surface area contributed by atoms with Gasteiger partial charge in [-0.3, -0.25) is 5.32 Å². The van der Waals surface area contributed by atoms with Crippen molar-refractivity contribution in [2.75, 3.05) is 11.9 Å². The second-order valence-electron chi connectivity index (χ2n) is 17.1. The van der Waals surface area contributed by atoms with Crippen molar-refractivity contribution in [3.05, 3.63) is 84.3 Å². The number of nitrogens with zero attached hydrogens (tertiary/aromatic N) is 4. The summed E-state index contributed by atoms with van der Waals surface area (Å²) in [6.45, 7) is 28.8. The predicted octanol–water partition coefficient (Wildman–Crippen LogP) is 8.91. The van der Waals surface area contributed by atoms with Crippen molar-refractivity contribution in [1.82, 2.24) is 19.5 Å². The molecule has 274 valence electrons. The molecule has 0 saturated heterocycles. The number of anilines is 1. The smallest absolute Gasteiger partial charge is 0.414 e. The fraction of sp³-hybridized carbons (Fsp3) is 0.487. The van der Waals surface area contributed by atoms with E-state index in [9.17, 15) is 4.79 Å². The summed E-state index contributed by atoms with van der Waals surface area (Å²) in [7, 11) is -5.07. The molecule has 0 aliphatic heterocycles. The largest absolute Gasteiger partial charge is 0.444 e. The van der Waals surface area contributed by atoms with Crippen molar-refractivity contribution in [3.63, 3.8) is 0 Å². The van der Waals surface area contributed by atoms with Gasteiger partial charge in [-0.2, -0.15) is 9.97 Å². The first-order chi connectivity index (χ1) is 23.6. The van der Waals surface area contributed by atoms with Crippen molar-refractivity contribution < 1.29 is 18.4 Å². The number of carbonyl (C=O) groups excluding carboxylic acids is 1. The number of ether oxygens (including phenoxy) is 1. The molecule has 0 bridgehead atoms. The van der Waals surface area contributed by atoms with Gasteiger partial charge in [0, 0.05) is 12.5 Å². The zero-order chi connectivity index (χ0) is 37.6. The Kier molecular flexibility index (Phi) is 10.8. The molecule has 1 aliphatic carbocycles. The van der Waals surface area contributed by atoms with Gasteiger partial charge in [-0.05, 0) is 66.3 Å². The van der Waals surface area contributed by atoms with Gasteiger partial charge in [-0.1, -0.05) is 120 Å². The molecule has 0 radical (unpaired) electrons. The molecule has 1 amide bonds. The normalized spacial score (nSPS) is 19.1. The van der Waals surface area contributed by atoms with Gasteiger partial charge in [-0.15, -0.1) is 0 Å². The van der Waals surface area contributed by atoms with Crippen LogP contribution in [0.4, 0.5) is 10.7 Å². The monoisotopic (exact) mass is 747 g/mol. The maximum absolute atomic E-state index is 12.6. The van der Waals surface area contributed by atoms with Crippen LogP contribution in [0.1, 0.15) is 74.8 Å². The zero-order valence-electron chi connectivity index (χ0n) is 32.0. The minimum Gasteiger partial charge on any atom is -0.444 e. The Morgan fingerprint density at radius 2 is 1.49 bits per heavy atom. The van der Waals surface area contributed by atoms with Crippen LogP contribution in [0.5, 0.6) is 0 Å². The molecular formula is C39H54ClN5O4Si2. The second-order valence-corrected chi connectivity index (χ2v) is 26.5. The highest BCUT2D eigenvalue weighted by Crippen LogP contribution is 2.47. The lowest BCUT2D eigenvalue weighted by molar-refractivity contribution is 0.0634. The van der Waals surface area contributed by atoms with Crippen molar-refractivity contribution in [2.24, 2.45) is 5.92 Å². The standard InChI is InChI=1S/C39H54ClN5O4Si2/c1-26-29(24-47-50(11,12)38(5,6)7)31(49-51(39(8,9)10,27-19-15-13-16-20-27)28-21-17-14-18-22-28)23-30(26)45-25-41-32-33(40)42-35(43-34(32)45)44-36(46)48-37(2,3)4/h13-22,25,29-31H,1,23-24H2,2-12H3,(H,42,43,44,46)/t29-,30-,31-/m0/s1. The zero-order valence-corrected chi connectivity index (χ0v) is 34.8. The maximum Gasteiger partial charge on any atom is 0.414 e. The Morgan fingerprint density at radius 3 is 2.00 bits per heavy atom. The molecule has 1 saturated carbocycles. The van der Waals surface area contributed by atoms with E-state index in [1.54, 1.807) is 27.1 Å². The first-order valence-corrected chi connectivity index (χ1v) is 22.9. The number of halogens is 1. The highest BCUT2D eigenvalue weighted by molar-refractivity contribution is 6.99. The summed E-state index contributed by atoms with van der Waals surface area (Å²) in [5, 5.41) is 5.01. The topological polar surface area (TPSA) is 100 Å². The maximum atomic E-state index is 12.6. The van der Waals surface area contributed by atoms with Crippen LogP contribution in [0.2, 0.25) is 28.3 Å². The van der Waals surface area contributed by atoms with Crippen LogP contribution in [0, 0.1) is 5.92 Å². The number of carbonyl (C=O) groups is 1.